The van der Waals surface area contributed by atoms with Gasteiger partial charge in [0.05, 0.1) is 6.10 Å². The molecule has 2 N–H and O–H groups in total. The Bertz CT molecular complexity index is 352. The summed E-state index contributed by atoms with van der Waals surface area (Å²) in [4.78, 5) is 11.6. The van der Waals surface area contributed by atoms with Crippen LogP contribution >= 0.6 is 0 Å². The van der Waals surface area contributed by atoms with Gasteiger partial charge in [0.2, 0.25) is 5.91 Å². The van der Waals surface area contributed by atoms with Crippen molar-refractivity contribution < 1.29 is 9.53 Å². The molecule has 0 aromatic carbocycles. The van der Waals surface area contributed by atoms with Crippen LogP contribution in [0.1, 0.15) is 46.0 Å². The number of hydrogen-bond acceptors (Lipinski definition) is 3. The van der Waals surface area contributed by atoms with Gasteiger partial charge in [-0.2, -0.15) is 0 Å². The highest BCUT2D eigenvalue weighted by Gasteiger charge is 2.58. The molecule has 19 heavy (non-hydrogen) atoms. The minimum atomic E-state index is 0.222. The number of carbonyl (C=O) groups excluding carboxylic acids is 1. The molecular formula is C15H26N2O2. The molecule has 0 aromatic heterocycles. The standard InChI is InChI=1S/C15H26N2O2/c1-15(2)13(11-7-9-19-14(11)15)16-8-3-4-12(18)17-10-5-6-10/h10-11,13-14,16H,3-9H2,1-2H3,(H,17,18). The van der Waals surface area contributed by atoms with Crippen molar-refractivity contribution in [3.05, 3.63) is 0 Å². The first-order valence-electron chi connectivity index (χ1n) is 7.73. The molecule has 4 nitrogen and oxygen atoms in total. The molecule has 2 aliphatic carbocycles. The van der Waals surface area contributed by atoms with Gasteiger partial charge in [-0.05, 0) is 32.2 Å². The Kier molecular flexibility index (Phi) is 3.56. The number of nitrogens with one attached hydrogen (secondary N) is 2. The van der Waals surface area contributed by atoms with Gasteiger partial charge < -0.3 is 15.4 Å². The van der Waals surface area contributed by atoms with E-state index in [1.165, 1.54) is 19.3 Å². The lowest BCUT2D eigenvalue weighted by atomic mass is 9.57. The normalized spacial score (nSPS) is 35.6. The molecule has 1 saturated heterocycles. The number of hydrogen-bond donors (Lipinski definition) is 2. The number of fused-ring (bicyclic) bond motifs is 1. The van der Waals surface area contributed by atoms with E-state index in [1.807, 2.05) is 0 Å². The van der Waals surface area contributed by atoms with Crippen molar-refractivity contribution in [2.45, 2.75) is 64.1 Å². The van der Waals surface area contributed by atoms with Crippen molar-refractivity contribution in [1.29, 1.82) is 0 Å². The maximum absolute atomic E-state index is 11.6. The average molecular weight is 266 g/mol. The minimum Gasteiger partial charge on any atom is -0.377 e. The molecule has 3 fully saturated rings. The lowest BCUT2D eigenvalue weighted by Gasteiger charge is -2.55. The van der Waals surface area contributed by atoms with Gasteiger partial charge in [-0.3, -0.25) is 4.79 Å². The highest BCUT2D eigenvalue weighted by Crippen LogP contribution is 2.51. The van der Waals surface area contributed by atoms with Crippen LogP contribution in [0, 0.1) is 11.3 Å². The van der Waals surface area contributed by atoms with Crippen LogP contribution in [0.15, 0.2) is 0 Å². The first kappa shape index (κ1) is 13.4. The zero-order chi connectivity index (χ0) is 13.5. The van der Waals surface area contributed by atoms with Crippen molar-refractivity contribution in [2.24, 2.45) is 11.3 Å². The predicted molar refractivity (Wildman–Crippen MR) is 73.8 cm³/mol. The summed E-state index contributed by atoms with van der Waals surface area (Å²) in [5.41, 5.74) is 0.247. The Labute approximate surface area is 115 Å². The molecule has 3 aliphatic rings. The van der Waals surface area contributed by atoms with Crippen LogP contribution in [0.2, 0.25) is 0 Å². The molecular weight excluding hydrogens is 240 g/mol. The van der Waals surface area contributed by atoms with Crippen LogP contribution in [-0.4, -0.2) is 37.2 Å². The number of amides is 1. The Morgan fingerprint density at radius 2 is 2.11 bits per heavy atom. The second kappa shape index (κ2) is 5.06. The molecule has 2 saturated carbocycles. The predicted octanol–water partition coefficient (Wildman–Crippen LogP) is 1.45. The van der Waals surface area contributed by atoms with E-state index in [0.29, 0.717) is 30.5 Å². The Balaban J connectivity index is 1.34. The quantitative estimate of drug-likeness (QED) is 0.715. The van der Waals surface area contributed by atoms with Crippen LogP contribution < -0.4 is 10.6 Å². The SMILES string of the molecule is CC1(C)C(NCCCC(=O)NC2CC2)C2CCOC21. The molecule has 0 aromatic rings. The number of rotatable bonds is 6. The third-order valence-electron chi connectivity index (χ3n) is 4.99. The fourth-order valence-electron chi connectivity index (χ4n) is 3.77. The second-order valence-corrected chi connectivity index (χ2v) is 6.94. The number of ether oxygens (including phenoxy) is 1. The van der Waals surface area contributed by atoms with E-state index in [2.05, 4.69) is 24.5 Å². The van der Waals surface area contributed by atoms with Crippen LogP contribution in [0.25, 0.3) is 0 Å². The van der Waals surface area contributed by atoms with Crippen LogP contribution in [0.3, 0.4) is 0 Å². The third-order valence-corrected chi connectivity index (χ3v) is 4.99. The van der Waals surface area contributed by atoms with E-state index in [0.717, 1.165) is 19.6 Å². The van der Waals surface area contributed by atoms with Crippen molar-refractivity contribution in [3.8, 4) is 0 Å². The minimum absolute atomic E-state index is 0.222. The molecule has 0 spiro atoms. The van der Waals surface area contributed by atoms with Crippen molar-refractivity contribution in [2.75, 3.05) is 13.2 Å². The Morgan fingerprint density at radius 1 is 1.32 bits per heavy atom. The third kappa shape index (κ3) is 2.65. The highest BCUT2D eigenvalue weighted by atomic mass is 16.5. The second-order valence-electron chi connectivity index (χ2n) is 6.94. The van der Waals surface area contributed by atoms with Crippen molar-refractivity contribution >= 4 is 5.91 Å². The maximum Gasteiger partial charge on any atom is 0.220 e. The summed E-state index contributed by atoms with van der Waals surface area (Å²) in [5.74, 6) is 0.912. The molecule has 4 heteroatoms. The summed E-state index contributed by atoms with van der Waals surface area (Å²) in [7, 11) is 0. The van der Waals surface area contributed by atoms with Crippen LogP contribution in [-0.2, 0) is 9.53 Å². The first-order valence-corrected chi connectivity index (χ1v) is 7.73. The summed E-state index contributed by atoms with van der Waals surface area (Å²) in [6.07, 6.45) is 5.56. The average Bonchev–Trinajstić information content (AvgIpc) is 3.04. The summed E-state index contributed by atoms with van der Waals surface area (Å²) in [6, 6.07) is 1.05. The van der Waals surface area contributed by atoms with E-state index >= 15 is 0 Å². The van der Waals surface area contributed by atoms with Crippen molar-refractivity contribution in [3.63, 3.8) is 0 Å². The molecule has 3 atom stereocenters. The zero-order valence-electron chi connectivity index (χ0n) is 12.1. The fourth-order valence-corrected chi connectivity index (χ4v) is 3.77. The van der Waals surface area contributed by atoms with Gasteiger partial charge >= 0.3 is 0 Å². The van der Waals surface area contributed by atoms with Gasteiger partial charge in [0.25, 0.3) is 0 Å². The van der Waals surface area contributed by atoms with Gasteiger partial charge in [-0.1, -0.05) is 13.8 Å². The molecule has 1 aliphatic heterocycles. The van der Waals surface area contributed by atoms with E-state index in [4.69, 9.17) is 4.74 Å². The first-order chi connectivity index (χ1) is 9.09. The lowest BCUT2D eigenvalue weighted by Crippen LogP contribution is -2.65. The fraction of sp³-hybridized carbons (Fsp3) is 0.933. The van der Waals surface area contributed by atoms with E-state index < -0.39 is 0 Å². The largest absolute Gasteiger partial charge is 0.377 e. The summed E-state index contributed by atoms with van der Waals surface area (Å²) >= 11 is 0. The topological polar surface area (TPSA) is 50.4 Å². The van der Waals surface area contributed by atoms with Gasteiger partial charge in [0, 0.05) is 36.4 Å². The highest BCUT2D eigenvalue weighted by molar-refractivity contribution is 5.76. The summed E-state index contributed by atoms with van der Waals surface area (Å²) in [5, 5.41) is 6.68. The van der Waals surface area contributed by atoms with E-state index in [9.17, 15) is 4.79 Å². The molecule has 3 rings (SSSR count). The monoisotopic (exact) mass is 266 g/mol. The maximum atomic E-state index is 11.6. The van der Waals surface area contributed by atoms with Crippen molar-refractivity contribution in [1.82, 2.24) is 10.6 Å². The van der Waals surface area contributed by atoms with Gasteiger partial charge in [-0.25, -0.2) is 0 Å². The smallest absolute Gasteiger partial charge is 0.220 e. The molecule has 108 valence electrons. The van der Waals surface area contributed by atoms with Gasteiger partial charge in [-0.15, -0.1) is 0 Å². The van der Waals surface area contributed by atoms with E-state index in [1.54, 1.807) is 0 Å². The molecule has 1 heterocycles. The summed E-state index contributed by atoms with van der Waals surface area (Å²) < 4.78 is 5.79. The van der Waals surface area contributed by atoms with E-state index in [-0.39, 0.29) is 11.3 Å². The van der Waals surface area contributed by atoms with Gasteiger partial charge in [0.15, 0.2) is 0 Å². The lowest BCUT2D eigenvalue weighted by molar-refractivity contribution is -0.121. The van der Waals surface area contributed by atoms with Gasteiger partial charge in [0.1, 0.15) is 0 Å². The molecule has 1 amide bonds. The molecule has 3 unspecified atom stereocenters. The summed E-state index contributed by atoms with van der Waals surface area (Å²) in [6.45, 7) is 6.43. The zero-order valence-corrected chi connectivity index (χ0v) is 12.1. The Hall–Kier alpha value is -0.610. The Morgan fingerprint density at radius 3 is 2.84 bits per heavy atom. The number of carbonyl (C=O) groups is 1. The molecule has 0 radical (unpaired) electrons. The van der Waals surface area contributed by atoms with Crippen LogP contribution in [0.5, 0.6) is 0 Å². The van der Waals surface area contributed by atoms with Crippen LogP contribution in [0.4, 0.5) is 0 Å². The molecule has 0 bridgehead atoms.